The molecule has 0 bridgehead atoms. The Morgan fingerprint density at radius 3 is 2.00 bits per heavy atom. The Morgan fingerprint density at radius 2 is 1.67 bits per heavy atom. The highest BCUT2D eigenvalue weighted by Crippen LogP contribution is 2.25. The normalized spacial score (nSPS) is 13.1. The average molecular weight is 241 g/mol. The molecule has 0 aliphatic rings. The van der Waals surface area contributed by atoms with Gasteiger partial charge in [-0.25, -0.2) is 0 Å². The van der Waals surface area contributed by atoms with Crippen molar-refractivity contribution in [1.29, 1.82) is 0 Å². The van der Waals surface area contributed by atoms with Gasteiger partial charge in [0, 0.05) is 0 Å². The van der Waals surface area contributed by atoms with Gasteiger partial charge in [0.05, 0.1) is 8.07 Å². The van der Waals surface area contributed by atoms with Gasteiger partial charge in [-0.15, -0.1) is 34.4 Å². The van der Waals surface area contributed by atoms with Crippen molar-refractivity contribution in [2.75, 3.05) is 0 Å². The predicted octanol–water partition coefficient (Wildman–Crippen LogP) is 4.36. The molecule has 0 aromatic carbocycles. The lowest BCUT2D eigenvalue weighted by Gasteiger charge is -2.18. The first-order valence-electron chi connectivity index (χ1n) is 4.28. The van der Waals surface area contributed by atoms with E-state index in [0.29, 0.717) is 0 Å². The van der Waals surface area contributed by atoms with Crippen molar-refractivity contribution in [1.82, 2.24) is 0 Å². The van der Waals surface area contributed by atoms with E-state index >= 15 is 0 Å². The van der Waals surface area contributed by atoms with Crippen LogP contribution in [0.5, 0.6) is 0 Å². The van der Waals surface area contributed by atoms with Crippen LogP contribution in [0.4, 0.5) is 0 Å². The molecule has 0 radical (unpaired) electrons. The molecule has 0 aliphatic heterocycles. The molecule has 12 heavy (non-hydrogen) atoms. The van der Waals surface area contributed by atoms with Gasteiger partial charge < -0.3 is 0 Å². The monoisotopic (exact) mass is 240 g/mol. The topological polar surface area (TPSA) is 0 Å². The van der Waals surface area contributed by atoms with Crippen LogP contribution in [0.25, 0.3) is 0 Å². The summed E-state index contributed by atoms with van der Waals surface area (Å²) in [6, 6.07) is 2.28. The van der Waals surface area contributed by atoms with Crippen molar-refractivity contribution in [2.45, 2.75) is 38.2 Å². The summed E-state index contributed by atoms with van der Waals surface area (Å²) in [5.41, 5.74) is 2.13. The highest BCUT2D eigenvalue weighted by Gasteiger charge is 2.22. The zero-order valence-corrected chi connectivity index (χ0v) is 11.7. The second kappa shape index (κ2) is 4.84. The molecule has 0 rings (SSSR count). The summed E-state index contributed by atoms with van der Waals surface area (Å²) in [5, 5.41) is 0. The van der Waals surface area contributed by atoms with Crippen LogP contribution < -0.4 is 0 Å². The van der Waals surface area contributed by atoms with Crippen molar-refractivity contribution in [3.05, 3.63) is 12.3 Å². The Balaban J connectivity index is 3.64. The van der Waals surface area contributed by atoms with E-state index in [1.54, 1.807) is 0 Å². The fourth-order valence-electron chi connectivity index (χ4n) is 0.956. The first-order valence-corrected chi connectivity index (χ1v) is 12.3. The highest BCUT2D eigenvalue weighted by atomic mass is 35.7. The second-order valence-corrected chi connectivity index (χ2v) is 17.2. The van der Waals surface area contributed by atoms with Gasteiger partial charge in [0.1, 0.15) is 0 Å². The molecule has 0 amide bonds. The minimum Gasteiger partial charge on any atom is -0.146 e. The van der Waals surface area contributed by atoms with Crippen molar-refractivity contribution in [3.8, 4) is 0 Å². The molecule has 0 unspecified atom stereocenters. The van der Waals surface area contributed by atoms with Crippen molar-refractivity contribution >= 4 is 36.9 Å². The highest BCUT2D eigenvalue weighted by molar-refractivity contribution is 7.44. The summed E-state index contributed by atoms with van der Waals surface area (Å²) in [6.07, 6.45) is 1.17. The number of hydrogen-bond donors (Lipinski definition) is 0. The Bertz CT molecular complexity index is 150. The molecule has 0 saturated heterocycles. The quantitative estimate of drug-likeness (QED) is 0.495. The average Bonchev–Trinajstić information content (AvgIpc) is 1.84. The molecule has 0 spiro atoms. The van der Waals surface area contributed by atoms with Gasteiger partial charge in [0.15, 0.2) is 0 Å². The van der Waals surface area contributed by atoms with Crippen LogP contribution in [-0.2, 0) is 0 Å². The summed E-state index contributed by atoms with van der Waals surface area (Å²) in [5.74, 6) is 0. The molecule has 0 heterocycles. The van der Waals surface area contributed by atoms with E-state index in [1.165, 1.54) is 12.5 Å². The molecule has 0 N–H and O–H groups in total. The third kappa shape index (κ3) is 7.41. The van der Waals surface area contributed by atoms with E-state index in [4.69, 9.17) is 22.2 Å². The Labute approximate surface area is 87.4 Å². The van der Waals surface area contributed by atoms with E-state index in [1.807, 2.05) is 6.55 Å². The smallest absolute Gasteiger partial charge is 0.146 e. The van der Waals surface area contributed by atoms with Gasteiger partial charge in [-0.1, -0.05) is 25.6 Å². The molecule has 0 saturated carbocycles. The summed E-state index contributed by atoms with van der Waals surface area (Å²) in [6.45, 7) is 8.64. The van der Waals surface area contributed by atoms with Crippen LogP contribution in [0.15, 0.2) is 12.3 Å². The van der Waals surface area contributed by atoms with Gasteiger partial charge in [-0.05, 0) is 12.6 Å². The molecular weight excluding hydrogens is 223 g/mol. The molecule has 0 fully saturated rings. The molecule has 72 valence electrons. The third-order valence-electron chi connectivity index (χ3n) is 1.99. The van der Waals surface area contributed by atoms with E-state index < -0.39 is 14.8 Å². The zero-order chi connectivity index (χ0) is 9.83. The predicted molar refractivity (Wildman–Crippen MR) is 65.2 cm³/mol. The number of halogens is 2. The Kier molecular flexibility index (Phi) is 5.15. The van der Waals surface area contributed by atoms with Crippen molar-refractivity contribution in [3.63, 3.8) is 0 Å². The van der Waals surface area contributed by atoms with E-state index in [9.17, 15) is 0 Å². The number of rotatable bonds is 5. The van der Waals surface area contributed by atoms with Crippen LogP contribution in [0.1, 0.15) is 6.42 Å². The van der Waals surface area contributed by atoms with Crippen LogP contribution in [0.3, 0.4) is 0 Å². The lowest BCUT2D eigenvalue weighted by atomic mass is 10.6. The fourth-order valence-corrected chi connectivity index (χ4v) is 4.20. The summed E-state index contributed by atoms with van der Waals surface area (Å²) in [7, 11) is -1.11. The maximum Gasteiger partial charge on any atom is 0.248 e. The standard InChI is InChI=1S/C8H18Cl2Si2/c1-5-11(2,3)7-6-8-12(4,9)10/h5H,1,6-8H2,2-4H3. The largest absolute Gasteiger partial charge is 0.248 e. The molecule has 0 atom stereocenters. The van der Waals surface area contributed by atoms with Crippen molar-refractivity contribution < 1.29 is 0 Å². The molecule has 4 heteroatoms. The van der Waals surface area contributed by atoms with Crippen LogP contribution >= 0.6 is 22.2 Å². The van der Waals surface area contributed by atoms with E-state index in [-0.39, 0.29) is 0 Å². The summed E-state index contributed by atoms with van der Waals surface area (Å²) in [4.78, 5) is 0. The molecule has 0 aromatic rings. The SMILES string of the molecule is C=C[Si](C)(C)CCC[Si](C)(Cl)Cl. The zero-order valence-electron chi connectivity index (χ0n) is 8.16. The lowest BCUT2D eigenvalue weighted by Crippen LogP contribution is -2.23. The molecule has 0 nitrogen and oxygen atoms in total. The maximum absolute atomic E-state index is 6.00. The molecule has 0 aromatic heterocycles. The second-order valence-electron chi connectivity index (χ2n) is 4.12. The first kappa shape index (κ1) is 12.8. The van der Waals surface area contributed by atoms with Gasteiger partial charge in [0.25, 0.3) is 0 Å². The van der Waals surface area contributed by atoms with Gasteiger partial charge in [0.2, 0.25) is 6.69 Å². The molecular formula is C8H18Cl2Si2. The summed E-state index contributed by atoms with van der Waals surface area (Å²) >= 11 is 12.0. The first-order chi connectivity index (χ1) is 5.27. The Hall–Kier alpha value is 0.754. The van der Waals surface area contributed by atoms with E-state index in [0.717, 1.165) is 6.04 Å². The van der Waals surface area contributed by atoms with Gasteiger partial charge in [-0.3, -0.25) is 0 Å². The minimum absolute atomic E-state index is 1.01. The molecule has 0 aliphatic carbocycles. The Morgan fingerprint density at radius 1 is 1.17 bits per heavy atom. The minimum atomic E-state index is -1.84. The lowest BCUT2D eigenvalue weighted by molar-refractivity contribution is 1.03. The van der Waals surface area contributed by atoms with Gasteiger partial charge >= 0.3 is 0 Å². The number of hydrogen-bond acceptors (Lipinski definition) is 0. The summed E-state index contributed by atoms with van der Waals surface area (Å²) < 4.78 is 0. The van der Waals surface area contributed by atoms with Crippen molar-refractivity contribution in [2.24, 2.45) is 0 Å². The van der Waals surface area contributed by atoms with E-state index in [2.05, 4.69) is 25.4 Å². The fraction of sp³-hybridized carbons (Fsp3) is 0.750. The van der Waals surface area contributed by atoms with Crippen LogP contribution in [0.2, 0.25) is 31.7 Å². The van der Waals surface area contributed by atoms with Gasteiger partial charge in [-0.2, -0.15) is 0 Å². The van der Waals surface area contributed by atoms with Crippen LogP contribution in [0, 0.1) is 0 Å². The van der Waals surface area contributed by atoms with Crippen LogP contribution in [-0.4, -0.2) is 14.8 Å². The third-order valence-corrected chi connectivity index (χ3v) is 7.10. The maximum atomic E-state index is 6.00.